The summed E-state index contributed by atoms with van der Waals surface area (Å²) in [5, 5.41) is 8.21. The van der Waals surface area contributed by atoms with Crippen LogP contribution in [0.4, 0.5) is 8.78 Å². The van der Waals surface area contributed by atoms with Gasteiger partial charge in [-0.15, -0.1) is 0 Å². The van der Waals surface area contributed by atoms with E-state index in [-0.39, 0.29) is 5.69 Å². The van der Waals surface area contributed by atoms with Gasteiger partial charge in [-0.2, -0.15) is 10.1 Å². The van der Waals surface area contributed by atoms with Crippen LogP contribution < -0.4 is 0 Å². The van der Waals surface area contributed by atoms with E-state index in [1.54, 1.807) is 6.07 Å². The number of rotatable bonds is 4. The summed E-state index contributed by atoms with van der Waals surface area (Å²) in [5.41, 5.74) is 0.405. The first-order chi connectivity index (χ1) is 12.2. The van der Waals surface area contributed by atoms with E-state index in [0.29, 0.717) is 41.6 Å². The van der Waals surface area contributed by atoms with Crippen LogP contribution in [0.3, 0.4) is 0 Å². The minimum absolute atomic E-state index is 0.201. The van der Waals surface area contributed by atoms with Crippen molar-refractivity contribution in [3.05, 3.63) is 59.5 Å². The Bertz CT molecular complexity index is 908. The van der Waals surface area contributed by atoms with Gasteiger partial charge in [0, 0.05) is 12.1 Å². The number of hydrogen-bond acceptors (Lipinski definition) is 5. The number of para-hydroxylation sites is 1. The summed E-state index contributed by atoms with van der Waals surface area (Å²) in [7, 11) is 0. The van der Waals surface area contributed by atoms with Gasteiger partial charge in [-0.3, -0.25) is 0 Å². The molecule has 5 rings (SSSR count). The molecule has 3 atom stereocenters. The molecule has 1 aromatic carbocycles. The molecule has 2 fully saturated rings. The van der Waals surface area contributed by atoms with Crippen LogP contribution in [0.1, 0.15) is 23.3 Å². The topological polar surface area (TPSA) is 66.0 Å². The summed E-state index contributed by atoms with van der Waals surface area (Å²) < 4.78 is 39.6. The molecule has 1 saturated heterocycles. The standard InChI is InChI=1S/C17H14F2N4O2/c18-12-2-1-3-13(19)16(12)23-5-4-9(21-23)6-14-20-17(25-22-14)15-10-7-24-8-11(10)15/h1-5,10-11,15H,6-8H2/t10-,11+,15?. The number of aromatic nitrogens is 4. The van der Waals surface area contributed by atoms with Crippen LogP contribution in [0.25, 0.3) is 5.69 Å². The van der Waals surface area contributed by atoms with Gasteiger partial charge in [0.2, 0.25) is 5.89 Å². The molecule has 2 aliphatic rings. The maximum Gasteiger partial charge on any atom is 0.230 e. The predicted molar refractivity (Wildman–Crippen MR) is 81.1 cm³/mol. The van der Waals surface area contributed by atoms with Gasteiger partial charge in [0.05, 0.1) is 25.3 Å². The lowest BCUT2D eigenvalue weighted by molar-refractivity contribution is 0.155. The fourth-order valence-corrected chi connectivity index (χ4v) is 3.53. The first-order valence-electron chi connectivity index (χ1n) is 8.10. The van der Waals surface area contributed by atoms with Gasteiger partial charge < -0.3 is 9.26 Å². The lowest BCUT2D eigenvalue weighted by atomic mass is 10.3. The second-order valence-electron chi connectivity index (χ2n) is 6.44. The Labute approximate surface area is 141 Å². The lowest BCUT2D eigenvalue weighted by Gasteiger charge is -2.03. The van der Waals surface area contributed by atoms with Gasteiger partial charge in [0.1, 0.15) is 5.69 Å². The third kappa shape index (κ3) is 2.44. The third-order valence-corrected chi connectivity index (χ3v) is 4.87. The zero-order chi connectivity index (χ0) is 17.0. The van der Waals surface area contributed by atoms with Crippen LogP contribution >= 0.6 is 0 Å². The quantitative estimate of drug-likeness (QED) is 0.727. The van der Waals surface area contributed by atoms with E-state index in [9.17, 15) is 8.78 Å². The highest BCUT2D eigenvalue weighted by Gasteiger charge is 2.57. The van der Waals surface area contributed by atoms with Crippen LogP contribution in [-0.2, 0) is 11.2 Å². The average molecular weight is 344 g/mol. The molecule has 0 bridgehead atoms. The summed E-state index contributed by atoms with van der Waals surface area (Å²) in [6.45, 7) is 1.51. The predicted octanol–water partition coefficient (Wildman–Crippen LogP) is 2.48. The Kier molecular flexibility index (Phi) is 3.21. The third-order valence-electron chi connectivity index (χ3n) is 4.87. The van der Waals surface area contributed by atoms with Crippen LogP contribution in [0.15, 0.2) is 35.0 Å². The summed E-state index contributed by atoms with van der Waals surface area (Å²) in [6, 6.07) is 5.39. The minimum Gasteiger partial charge on any atom is -0.381 e. The van der Waals surface area contributed by atoms with Crippen LogP contribution in [-0.4, -0.2) is 33.1 Å². The first kappa shape index (κ1) is 14.7. The largest absolute Gasteiger partial charge is 0.381 e. The molecule has 1 aliphatic heterocycles. The summed E-state index contributed by atoms with van der Waals surface area (Å²) in [5.74, 6) is 1.12. The summed E-state index contributed by atoms with van der Waals surface area (Å²) in [6.07, 6.45) is 1.85. The molecule has 1 saturated carbocycles. The van der Waals surface area contributed by atoms with Crippen molar-refractivity contribution >= 4 is 0 Å². The van der Waals surface area contributed by atoms with Gasteiger partial charge in [-0.05, 0) is 30.0 Å². The van der Waals surface area contributed by atoms with E-state index in [1.807, 2.05) is 0 Å². The van der Waals surface area contributed by atoms with Gasteiger partial charge in [-0.25, -0.2) is 13.5 Å². The molecule has 0 radical (unpaired) electrons. The minimum atomic E-state index is -0.668. The number of hydrogen-bond donors (Lipinski definition) is 0. The van der Waals surface area contributed by atoms with Crippen molar-refractivity contribution < 1.29 is 18.0 Å². The van der Waals surface area contributed by atoms with E-state index in [0.717, 1.165) is 13.2 Å². The smallest absolute Gasteiger partial charge is 0.230 e. The van der Waals surface area contributed by atoms with E-state index in [4.69, 9.17) is 9.26 Å². The molecule has 1 unspecified atom stereocenters. The molecule has 6 nitrogen and oxygen atoms in total. The fourth-order valence-electron chi connectivity index (χ4n) is 3.53. The SMILES string of the molecule is Fc1cccc(F)c1-n1ccc(Cc2noc(C3[C@H]4COC[C@@H]34)n2)n1. The molecule has 0 N–H and O–H groups in total. The maximum absolute atomic E-state index is 13.8. The molecule has 3 heterocycles. The van der Waals surface area contributed by atoms with Gasteiger partial charge in [-0.1, -0.05) is 11.2 Å². The molecular weight excluding hydrogens is 330 g/mol. The highest BCUT2D eigenvalue weighted by Crippen LogP contribution is 2.56. The van der Waals surface area contributed by atoms with Crippen LogP contribution in [0, 0.1) is 23.5 Å². The summed E-state index contributed by atoms with van der Waals surface area (Å²) >= 11 is 0. The van der Waals surface area contributed by atoms with Crippen molar-refractivity contribution in [2.45, 2.75) is 12.3 Å². The van der Waals surface area contributed by atoms with E-state index in [2.05, 4.69) is 15.2 Å². The van der Waals surface area contributed by atoms with Gasteiger partial charge in [0.15, 0.2) is 17.5 Å². The Morgan fingerprint density at radius 2 is 1.88 bits per heavy atom. The second-order valence-corrected chi connectivity index (χ2v) is 6.44. The molecule has 128 valence electrons. The molecule has 1 aliphatic carbocycles. The summed E-state index contributed by atoms with van der Waals surface area (Å²) in [4.78, 5) is 4.44. The van der Waals surface area contributed by atoms with Gasteiger partial charge >= 0.3 is 0 Å². The van der Waals surface area contributed by atoms with Gasteiger partial charge in [0.25, 0.3) is 0 Å². The zero-order valence-electron chi connectivity index (χ0n) is 13.1. The molecule has 0 amide bonds. The first-order valence-corrected chi connectivity index (χ1v) is 8.10. The number of nitrogens with zero attached hydrogens (tertiary/aromatic N) is 4. The van der Waals surface area contributed by atoms with E-state index < -0.39 is 11.6 Å². The van der Waals surface area contributed by atoms with Crippen molar-refractivity contribution in [3.8, 4) is 5.69 Å². The number of halogens is 2. The second kappa shape index (κ2) is 5.45. The Morgan fingerprint density at radius 3 is 2.64 bits per heavy atom. The fraction of sp³-hybridized carbons (Fsp3) is 0.353. The van der Waals surface area contributed by atoms with Crippen molar-refractivity contribution in [2.75, 3.05) is 13.2 Å². The number of ether oxygens (including phenoxy) is 1. The van der Waals surface area contributed by atoms with E-state index in [1.165, 1.54) is 29.1 Å². The maximum atomic E-state index is 13.8. The highest BCUT2D eigenvalue weighted by atomic mass is 19.1. The van der Waals surface area contributed by atoms with Crippen molar-refractivity contribution in [1.82, 2.24) is 19.9 Å². The number of benzene rings is 1. The Morgan fingerprint density at radius 1 is 1.12 bits per heavy atom. The molecule has 8 heteroatoms. The molecular formula is C17H14F2N4O2. The number of fused-ring (bicyclic) bond motifs is 1. The monoisotopic (exact) mass is 344 g/mol. The van der Waals surface area contributed by atoms with Crippen molar-refractivity contribution in [3.63, 3.8) is 0 Å². The molecule has 25 heavy (non-hydrogen) atoms. The van der Waals surface area contributed by atoms with Crippen molar-refractivity contribution in [1.29, 1.82) is 0 Å². The molecule has 2 aromatic heterocycles. The molecule has 0 spiro atoms. The normalized spacial score (nSPS) is 24.5. The lowest BCUT2D eigenvalue weighted by Crippen LogP contribution is -2.03. The average Bonchev–Trinajstić information content (AvgIpc) is 3.08. The Balaban J connectivity index is 1.34. The van der Waals surface area contributed by atoms with Crippen LogP contribution in [0.5, 0.6) is 0 Å². The molecule has 3 aromatic rings. The van der Waals surface area contributed by atoms with Crippen molar-refractivity contribution in [2.24, 2.45) is 11.8 Å². The van der Waals surface area contributed by atoms with Crippen LogP contribution in [0.2, 0.25) is 0 Å². The highest BCUT2D eigenvalue weighted by molar-refractivity contribution is 5.34. The van der Waals surface area contributed by atoms with E-state index >= 15 is 0 Å². The Hall–Kier alpha value is -2.61. The zero-order valence-corrected chi connectivity index (χ0v) is 13.1.